The molecule has 1 aliphatic heterocycles. The number of H-pyrrole nitrogens is 1. The maximum absolute atomic E-state index is 13.1. The van der Waals surface area contributed by atoms with Crippen LogP contribution in [-0.2, 0) is 19.4 Å². The zero-order chi connectivity index (χ0) is 20.5. The fourth-order valence-electron chi connectivity index (χ4n) is 3.17. The summed E-state index contributed by atoms with van der Waals surface area (Å²) in [5.74, 6) is 0.0963. The number of methoxy groups -OCH3 is 1. The van der Waals surface area contributed by atoms with E-state index in [4.69, 9.17) is 15.2 Å². The van der Waals surface area contributed by atoms with Gasteiger partial charge in [0.2, 0.25) is 5.91 Å². The average Bonchev–Trinajstić information content (AvgIpc) is 3.18. The van der Waals surface area contributed by atoms with Gasteiger partial charge in [0.05, 0.1) is 24.9 Å². The lowest BCUT2D eigenvalue weighted by molar-refractivity contribution is -0.119. The molecule has 0 spiro atoms. The highest BCUT2D eigenvalue weighted by molar-refractivity contribution is 7.94. The van der Waals surface area contributed by atoms with Crippen LogP contribution in [0.2, 0.25) is 0 Å². The highest BCUT2D eigenvalue weighted by atomic mass is 32.2. The van der Waals surface area contributed by atoms with Crippen LogP contribution in [-0.4, -0.2) is 59.8 Å². The molecule has 2 aromatic rings. The van der Waals surface area contributed by atoms with E-state index in [1.807, 2.05) is 12.1 Å². The van der Waals surface area contributed by atoms with Gasteiger partial charge in [-0.05, 0) is 44.5 Å². The van der Waals surface area contributed by atoms with Gasteiger partial charge in [0.15, 0.2) is 15.7 Å². The summed E-state index contributed by atoms with van der Waals surface area (Å²) in [5, 5.41) is 6.20. The fraction of sp³-hybridized carbons (Fsp3) is 0.500. The Morgan fingerprint density at radius 2 is 2.00 bits per heavy atom. The van der Waals surface area contributed by atoms with Crippen molar-refractivity contribution in [2.75, 3.05) is 20.3 Å². The first-order chi connectivity index (χ1) is 13.2. The molecule has 1 aliphatic rings. The highest BCUT2D eigenvalue weighted by Crippen LogP contribution is 2.35. The molecule has 1 amide bonds. The van der Waals surface area contributed by atoms with Gasteiger partial charge in [0.1, 0.15) is 16.3 Å². The number of benzene rings is 1. The second-order valence-electron chi connectivity index (χ2n) is 7.20. The normalized spacial score (nSPS) is 20.7. The average molecular weight is 408 g/mol. The summed E-state index contributed by atoms with van der Waals surface area (Å²) in [5.41, 5.74) is 6.12. The maximum Gasteiger partial charge on any atom is 0.238 e. The number of primary amides is 1. The van der Waals surface area contributed by atoms with Crippen molar-refractivity contribution in [1.29, 1.82) is 0 Å². The summed E-state index contributed by atoms with van der Waals surface area (Å²) >= 11 is 0. The molecule has 1 fully saturated rings. The number of aromatic nitrogens is 3. The topological polar surface area (TPSA) is 137 Å². The van der Waals surface area contributed by atoms with E-state index in [2.05, 4.69) is 15.2 Å². The number of rotatable bonds is 6. The first-order valence-electron chi connectivity index (χ1n) is 8.86. The number of nitrogens with zero attached hydrogens (tertiary/aromatic N) is 2. The number of carbonyl (C=O) groups excluding carboxylic acids is 1. The summed E-state index contributed by atoms with van der Waals surface area (Å²) in [4.78, 5) is 16.2. The molecule has 3 rings (SSSR count). The predicted octanol–water partition coefficient (Wildman–Crippen LogP) is 1.03. The quantitative estimate of drug-likeness (QED) is 0.728. The Morgan fingerprint density at radius 1 is 1.32 bits per heavy atom. The van der Waals surface area contributed by atoms with E-state index >= 15 is 0 Å². The number of amides is 1. The molecule has 2 unspecified atom stereocenters. The number of nitrogens with one attached hydrogen (secondary N) is 1. The Balaban J connectivity index is 1.93. The third-order valence-corrected chi connectivity index (χ3v) is 8.18. The Bertz CT molecular complexity index is 953. The van der Waals surface area contributed by atoms with Gasteiger partial charge in [-0.25, -0.2) is 13.4 Å². The molecule has 152 valence electrons. The molecule has 0 saturated carbocycles. The van der Waals surface area contributed by atoms with Crippen LogP contribution in [0.15, 0.2) is 24.3 Å². The summed E-state index contributed by atoms with van der Waals surface area (Å²) in [6, 6.07) is 7.20. The second kappa shape index (κ2) is 7.51. The molecule has 0 aliphatic carbocycles. The molecule has 0 radical (unpaired) electrons. The number of carbonyl (C=O) groups is 1. The molecular formula is C18H24N4O5S. The van der Waals surface area contributed by atoms with E-state index < -0.39 is 31.7 Å². The summed E-state index contributed by atoms with van der Waals surface area (Å²) in [6.07, 6.45) is 0.252. The fourth-order valence-corrected chi connectivity index (χ4v) is 5.26. The Labute approximate surface area is 163 Å². The van der Waals surface area contributed by atoms with Crippen LogP contribution in [0.1, 0.15) is 32.0 Å². The van der Waals surface area contributed by atoms with Gasteiger partial charge in [0, 0.05) is 12.2 Å². The van der Waals surface area contributed by atoms with Gasteiger partial charge in [-0.3, -0.25) is 9.89 Å². The Morgan fingerprint density at radius 3 is 2.61 bits per heavy atom. The molecule has 1 aromatic heterocycles. The van der Waals surface area contributed by atoms with E-state index in [0.717, 1.165) is 5.56 Å². The summed E-state index contributed by atoms with van der Waals surface area (Å²) in [7, 11) is -2.30. The molecule has 0 bridgehead atoms. The molecule has 1 saturated heterocycles. The van der Waals surface area contributed by atoms with Crippen molar-refractivity contribution in [1.82, 2.24) is 15.2 Å². The smallest absolute Gasteiger partial charge is 0.238 e. The number of hydrogen-bond acceptors (Lipinski definition) is 7. The summed E-state index contributed by atoms with van der Waals surface area (Å²) in [6.45, 7) is 3.12. The molecule has 3 N–H and O–H groups in total. The maximum atomic E-state index is 13.1. The molecule has 2 atom stereocenters. The van der Waals surface area contributed by atoms with Crippen LogP contribution in [0, 0.1) is 0 Å². The van der Waals surface area contributed by atoms with Gasteiger partial charge >= 0.3 is 0 Å². The zero-order valence-corrected chi connectivity index (χ0v) is 16.8. The lowest BCUT2D eigenvalue weighted by atomic mass is 10.0. The largest absolute Gasteiger partial charge is 0.497 e. The SMILES string of the molecule is COc1ccc(-c2n[nH]c(C3COCCC3S(=O)(=O)C(C)(C)C(N)=O)n2)cc1. The van der Waals surface area contributed by atoms with Gasteiger partial charge < -0.3 is 15.2 Å². The van der Waals surface area contributed by atoms with E-state index in [1.165, 1.54) is 13.8 Å². The van der Waals surface area contributed by atoms with Crippen LogP contribution in [0.3, 0.4) is 0 Å². The van der Waals surface area contributed by atoms with E-state index in [9.17, 15) is 13.2 Å². The molecule has 10 heteroatoms. The number of hydrogen-bond donors (Lipinski definition) is 2. The van der Waals surface area contributed by atoms with Gasteiger partial charge in [-0.1, -0.05) is 0 Å². The van der Waals surface area contributed by atoms with E-state index in [0.29, 0.717) is 17.4 Å². The van der Waals surface area contributed by atoms with Crippen LogP contribution in [0.4, 0.5) is 0 Å². The lowest BCUT2D eigenvalue weighted by Gasteiger charge is -2.34. The Hall–Kier alpha value is -2.46. The standard InChI is InChI=1S/C18H24N4O5S/c1-18(2,17(19)23)28(24,25)14-8-9-27-10-13(14)16-20-15(21-22-16)11-4-6-12(26-3)7-5-11/h4-7,13-14H,8-10H2,1-3H3,(H2,19,23)(H,20,21,22). The van der Waals surface area contributed by atoms with Crippen LogP contribution in [0.5, 0.6) is 5.75 Å². The number of ether oxygens (including phenoxy) is 2. The van der Waals surface area contributed by atoms with Gasteiger partial charge in [0.25, 0.3) is 0 Å². The number of aromatic amines is 1. The second-order valence-corrected chi connectivity index (χ2v) is 9.92. The minimum atomic E-state index is -3.88. The molecular weight excluding hydrogens is 384 g/mol. The number of nitrogens with two attached hydrogens (primary N) is 1. The lowest BCUT2D eigenvalue weighted by Crippen LogP contribution is -2.52. The van der Waals surface area contributed by atoms with Crippen molar-refractivity contribution in [2.45, 2.75) is 36.2 Å². The Kier molecular flexibility index (Phi) is 5.44. The van der Waals surface area contributed by atoms with E-state index in [1.54, 1.807) is 19.2 Å². The third-order valence-electron chi connectivity index (χ3n) is 5.20. The van der Waals surface area contributed by atoms with Crippen LogP contribution < -0.4 is 10.5 Å². The molecule has 2 heterocycles. The van der Waals surface area contributed by atoms with Crippen molar-refractivity contribution in [3.05, 3.63) is 30.1 Å². The minimum Gasteiger partial charge on any atom is -0.497 e. The molecule has 9 nitrogen and oxygen atoms in total. The first kappa shape index (κ1) is 20.3. The predicted molar refractivity (Wildman–Crippen MR) is 103 cm³/mol. The summed E-state index contributed by atoms with van der Waals surface area (Å²) < 4.78 is 35.2. The zero-order valence-electron chi connectivity index (χ0n) is 16.0. The van der Waals surface area contributed by atoms with Crippen molar-refractivity contribution in [3.63, 3.8) is 0 Å². The minimum absolute atomic E-state index is 0.163. The van der Waals surface area contributed by atoms with Gasteiger partial charge in [-0.2, -0.15) is 5.10 Å². The monoisotopic (exact) mass is 408 g/mol. The van der Waals surface area contributed by atoms with Crippen LogP contribution in [0.25, 0.3) is 11.4 Å². The highest BCUT2D eigenvalue weighted by Gasteiger charge is 2.49. The molecule has 1 aromatic carbocycles. The van der Waals surface area contributed by atoms with Crippen molar-refractivity contribution >= 4 is 15.7 Å². The van der Waals surface area contributed by atoms with Crippen LogP contribution >= 0.6 is 0 Å². The van der Waals surface area contributed by atoms with Gasteiger partial charge in [-0.15, -0.1) is 0 Å². The third kappa shape index (κ3) is 3.49. The van der Waals surface area contributed by atoms with E-state index in [-0.39, 0.29) is 19.6 Å². The molecule has 28 heavy (non-hydrogen) atoms. The number of sulfone groups is 1. The van der Waals surface area contributed by atoms with Crippen molar-refractivity contribution in [3.8, 4) is 17.1 Å². The first-order valence-corrected chi connectivity index (χ1v) is 10.4. The van der Waals surface area contributed by atoms with Crippen molar-refractivity contribution < 1.29 is 22.7 Å². The van der Waals surface area contributed by atoms with Crippen molar-refractivity contribution in [2.24, 2.45) is 5.73 Å².